The Balaban J connectivity index is 1.24. The number of nitrogens with zero attached hydrogens (tertiary/aromatic N) is 1. The molecule has 0 unspecified atom stereocenters. The lowest BCUT2D eigenvalue weighted by Gasteiger charge is -2.31. The number of likely N-dealkylation sites (tertiary alicyclic amines) is 1. The Morgan fingerprint density at radius 2 is 1.77 bits per heavy atom. The van der Waals surface area contributed by atoms with Crippen molar-refractivity contribution in [3.05, 3.63) is 47.3 Å². The number of thiophene rings is 1. The molecule has 2 aliphatic rings. The Bertz CT molecular complexity index is 902. The molecule has 1 aromatic carbocycles. The molecular weight excluding hydrogens is 402 g/mol. The van der Waals surface area contributed by atoms with Crippen molar-refractivity contribution < 1.29 is 19.1 Å². The smallest absolute Gasteiger partial charge is 0.260 e. The fourth-order valence-corrected chi connectivity index (χ4v) is 4.22. The average Bonchev–Trinajstić information content (AvgIpc) is 3.47. The van der Waals surface area contributed by atoms with E-state index in [4.69, 9.17) is 4.74 Å². The van der Waals surface area contributed by atoms with Crippen molar-refractivity contribution in [2.24, 2.45) is 5.92 Å². The van der Waals surface area contributed by atoms with E-state index in [1.54, 1.807) is 11.0 Å². The SMILES string of the molecule is O=C(NC1CC1)c1ccsc1NC(=O)C1CCN(C(=O)COc2ccccc2)CC1. The number of benzene rings is 1. The number of anilines is 1. The third-order valence-electron chi connectivity index (χ3n) is 5.38. The maximum Gasteiger partial charge on any atom is 0.260 e. The highest BCUT2D eigenvalue weighted by molar-refractivity contribution is 7.14. The summed E-state index contributed by atoms with van der Waals surface area (Å²) in [6.45, 7) is 1.04. The summed E-state index contributed by atoms with van der Waals surface area (Å²) >= 11 is 1.35. The minimum absolute atomic E-state index is 0.00443. The molecule has 2 heterocycles. The highest BCUT2D eigenvalue weighted by Crippen LogP contribution is 2.27. The molecule has 2 N–H and O–H groups in total. The predicted octanol–water partition coefficient (Wildman–Crippen LogP) is 2.90. The standard InChI is InChI=1S/C22H25N3O4S/c26-19(14-29-17-4-2-1-3-5-17)25-11-8-15(9-12-25)20(27)24-22-18(10-13-30-22)21(28)23-16-6-7-16/h1-5,10,13,15-16H,6-9,11-12,14H2,(H,23,28)(H,24,27). The Labute approximate surface area is 179 Å². The van der Waals surface area contributed by atoms with Crippen LogP contribution in [0, 0.1) is 5.92 Å². The minimum Gasteiger partial charge on any atom is -0.484 e. The molecular formula is C22H25N3O4S. The molecule has 4 rings (SSSR count). The van der Waals surface area contributed by atoms with Crippen molar-refractivity contribution in [2.45, 2.75) is 31.7 Å². The first kappa shape index (κ1) is 20.4. The van der Waals surface area contributed by atoms with E-state index in [0.717, 1.165) is 12.8 Å². The molecule has 1 saturated carbocycles. The van der Waals surface area contributed by atoms with E-state index in [2.05, 4.69) is 10.6 Å². The molecule has 30 heavy (non-hydrogen) atoms. The molecule has 1 aromatic heterocycles. The second kappa shape index (κ2) is 9.30. The van der Waals surface area contributed by atoms with Gasteiger partial charge in [-0.05, 0) is 49.3 Å². The molecule has 0 atom stereocenters. The second-order valence-corrected chi connectivity index (χ2v) is 8.57. The van der Waals surface area contributed by atoms with Crippen LogP contribution >= 0.6 is 11.3 Å². The van der Waals surface area contributed by atoms with E-state index in [0.29, 0.717) is 42.2 Å². The molecule has 0 bridgehead atoms. The van der Waals surface area contributed by atoms with Crippen LogP contribution in [0.25, 0.3) is 0 Å². The zero-order valence-corrected chi connectivity index (χ0v) is 17.5. The van der Waals surface area contributed by atoms with Crippen LogP contribution in [0.4, 0.5) is 5.00 Å². The van der Waals surface area contributed by atoms with Gasteiger partial charge in [-0.2, -0.15) is 0 Å². The number of carbonyl (C=O) groups is 3. The second-order valence-electron chi connectivity index (χ2n) is 7.66. The van der Waals surface area contributed by atoms with E-state index in [9.17, 15) is 14.4 Å². The van der Waals surface area contributed by atoms with Crippen LogP contribution in [0.2, 0.25) is 0 Å². The first-order valence-corrected chi connectivity index (χ1v) is 11.1. The van der Waals surface area contributed by atoms with Gasteiger partial charge in [0.2, 0.25) is 5.91 Å². The highest BCUT2D eigenvalue weighted by atomic mass is 32.1. The van der Waals surface area contributed by atoms with Gasteiger partial charge >= 0.3 is 0 Å². The van der Waals surface area contributed by atoms with E-state index >= 15 is 0 Å². The Kier molecular flexibility index (Phi) is 6.32. The van der Waals surface area contributed by atoms with E-state index in [1.807, 2.05) is 35.7 Å². The quantitative estimate of drug-likeness (QED) is 0.711. The largest absolute Gasteiger partial charge is 0.484 e. The summed E-state index contributed by atoms with van der Waals surface area (Å²) in [6, 6.07) is 11.3. The van der Waals surface area contributed by atoms with Crippen LogP contribution in [0.1, 0.15) is 36.0 Å². The molecule has 0 radical (unpaired) electrons. The van der Waals surface area contributed by atoms with Crippen molar-refractivity contribution in [3.8, 4) is 5.75 Å². The van der Waals surface area contributed by atoms with Crippen LogP contribution in [0.3, 0.4) is 0 Å². The van der Waals surface area contributed by atoms with Gasteiger partial charge in [0.1, 0.15) is 10.8 Å². The van der Waals surface area contributed by atoms with Crippen LogP contribution in [0.5, 0.6) is 5.75 Å². The van der Waals surface area contributed by atoms with Crippen molar-refractivity contribution in [2.75, 3.05) is 25.0 Å². The van der Waals surface area contributed by atoms with E-state index in [-0.39, 0.29) is 36.3 Å². The summed E-state index contributed by atoms with van der Waals surface area (Å²) in [6.07, 6.45) is 3.23. The third kappa shape index (κ3) is 5.18. The normalized spacial score (nSPS) is 16.7. The number of para-hydroxylation sites is 1. The first-order chi connectivity index (χ1) is 14.6. The lowest BCUT2D eigenvalue weighted by molar-refractivity contribution is -0.136. The molecule has 7 nitrogen and oxygen atoms in total. The summed E-state index contributed by atoms with van der Waals surface area (Å²) in [4.78, 5) is 39.1. The molecule has 3 amide bonds. The summed E-state index contributed by atoms with van der Waals surface area (Å²) in [5.41, 5.74) is 0.519. The Hall–Kier alpha value is -2.87. The van der Waals surface area contributed by atoms with Gasteiger partial charge in [0, 0.05) is 25.0 Å². The summed E-state index contributed by atoms with van der Waals surface area (Å²) in [5.74, 6) is 0.191. The van der Waals surface area contributed by atoms with E-state index in [1.165, 1.54) is 11.3 Å². The monoisotopic (exact) mass is 427 g/mol. The van der Waals surface area contributed by atoms with Gasteiger partial charge in [0.15, 0.2) is 6.61 Å². The lowest BCUT2D eigenvalue weighted by atomic mass is 9.96. The summed E-state index contributed by atoms with van der Waals surface area (Å²) in [7, 11) is 0. The fourth-order valence-electron chi connectivity index (χ4n) is 3.43. The van der Waals surface area contributed by atoms with Crippen molar-refractivity contribution in [3.63, 3.8) is 0 Å². The maximum absolute atomic E-state index is 12.7. The summed E-state index contributed by atoms with van der Waals surface area (Å²) < 4.78 is 5.53. The van der Waals surface area contributed by atoms with Gasteiger partial charge in [0.05, 0.1) is 5.56 Å². The van der Waals surface area contributed by atoms with Crippen molar-refractivity contribution in [1.82, 2.24) is 10.2 Å². The number of hydrogen-bond acceptors (Lipinski definition) is 5. The Morgan fingerprint density at radius 3 is 2.47 bits per heavy atom. The number of carbonyl (C=O) groups excluding carboxylic acids is 3. The van der Waals surface area contributed by atoms with Gasteiger partial charge in [0.25, 0.3) is 11.8 Å². The first-order valence-electron chi connectivity index (χ1n) is 10.2. The van der Waals surface area contributed by atoms with Crippen LogP contribution in [0.15, 0.2) is 41.8 Å². The average molecular weight is 428 g/mol. The third-order valence-corrected chi connectivity index (χ3v) is 6.21. The number of amides is 3. The summed E-state index contributed by atoms with van der Waals surface area (Å²) in [5, 5.41) is 8.27. The maximum atomic E-state index is 12.7. The highest BCUT2D eigenvalue weighted by Gasteiger charge is 2.29. The molecule has 2 aromatic rings. The zero-order chi connectivity index (χ0) is 20.9. The predicted molar refractivity (Wildman–Crippen MR) is 115 cm³/mol. The zero-order valence-electron chi connectivity index (χ0n) is 16.6. The number of ether oxygens (including phenoxy) is 1. The number of rotatable bonds is 7. The fraction of sp³-hybridized carbons (Fsp3) is 0.409. The van der Waals surface area contributed by atoms with E-state index < -0.39 is 0 Å². The molecule has 158 valence electrons. The van der Waals surface area contributed by atoms with Gasteiger partial charge in [-0.1, -0.05) is 18.2 Å². The molecule has 8 heteroatoms. The Morgan fingerprint density at radius 1 is 1.03 bits per heavy atom. The number of nitrogens with one attached hydrogen (secondary N) is 2. The van der Waals surface area contributed by atoms with Crippen molar-refractivity contribution in [1.29, 1.82) is 0 Å². The number of hydrogen-bond donors (Lipinski definition) is 2. The van der Waals surface area contributed by atoms with Gasteiger partial charge in [-0.15, -0.1) is 11.3 Å². The molecule has 0 spiro atoms. The van der Waals surface area contributed by atoms with Crippen molar-refractivity contribution >= 4 is 34.1 Å². The minimum atomic E-state index is -0.175. The lowest BCUT2D eigenvalue weighted by Crippen LogP contribution is -2.43. The van der Waals surface area contributed by atoms with Gasteiger partial charge in [-0.25, -0.2) is 0 Å². The molecule has 2 fully saturated rings. The number of piperidine rings is 1. The van der Waals surface area contributed by atoms with Crippen LogP contribution in [-0.4, -0.2) is 48.4 Å². The molecule has 1 saturated heterocycles. The molecule has 1 aliphatic carbocycles. The molecule has 1 aliphatic heterocycles. The van der Waals surface area contributed by atoms with Crippen LogP contribution < -0.4 is 15.4 Å². The van der Waals surface area contributed by atoms with Gasteiger partial charge < -0.3 is 20.3 Å². The van der Waals surface area contributed by atoms with Crippen LogP contribution in [-0.2, 0) is 9.59 Å². The van der Waals surface area contributed by atoms with Gasteiger partial charge in [-0.3, -0.25) is 14.4 Å². The topological polar surface area (TPSA) is 87.7 Å².